The van der Waals surface area contributed by atoms with Gasteiger partial charge in [0.2, 0.25) is 5.91 Å². The van der Waals surface area contributed by atoms with Gasteiger partial charge < -0.3 is 14.6 Å². The number of nitrogens with one attached hydrogen (secondary N) is 1. The van der Waals surface area contributed by atoms with Crippen LogP contribution in [-0.2, 0) is 11.3 Å². The molecule has 152 valence electrons. The van der Waals surface area contributed by atoms with Gasteiger partial charge in [0.25, 0.3) is 0 Å². The van der Waals surface area contributed by atoms with Crippen molar-refractivity contribution in [2.75, 3.05) is 11.1 Å². The Morgan fingerprint density at radius 2 is 1.90 bits per heavy atom. The van der Waals surface area contributed by atoms with E-state index in [-0.39, 0.29) is 17.8 Å². The lowest BCUT2D eigenvalue weighted by molar-refractivity contribution is -0.113. The zero-order chi connectivity index (χ0) is 20.8. The fraction of sp³-hybridized carbons (Fsp3) is 0.250. The first-order valence-electron chi connectivity index (χ1n) is 8.99. The maximum absolute atomic E-state index is 12.2. The van der Waals surface area contributed by atoms with E-state index in [2.05, 4.69) is 31.4 Å². The van der Waals surface area contributed by atoms with Crippen molar-refractivity contribution in [1.29, 1.82) is 0 Å². The number of carbonyl (C=O) groups excluding carboxylic acids is 1. The number of benzene rings is 2. The molecule has 0 aliphatic heterocycles. The van der Waals surface area contributed by atoms with Crippen molar-refractivity contribution < 1.29 is 9.53 Å². The highest BCUT2D eigenvalue weighted by atomic mass is 79.9. The predicted molar refractivity (Wildman–Crippen MR) is 120 cm³/mol. The number of thioether (sulfide) groups is 1. The molecule has 0 saturated heterocycles. The average Bonchev–Trinajstić information content (AvgIpc) is 3.13. The molecule has 6 nitrogen and oxygen atoms in total. The van der Waals surface area contributed by atoms with Crippen LogP contribution < -0.4 is 10.1 Å². The molecule has 0 aliphatic rings. The zero-order valence-corrected chi connectivity index (χ0v) is 19.1. The first kappa shape index (κ1) is 21.7. The fourth-order valence-electron chi connectivity index (χ4n) is 2.64. The number of nitrogens with zero attached hydrogens (tertiary/aromatic N) is 3. The Labute approximate surface area is 187 Å². The van der Waals surface area contributed by atoms with Crippen molar-refractivity contribution in [3.8, 4) is 5.75 Å². The monoisotopic (exact) mass is 494 g/mol. The lowest BCUT2D eigenvalue weighted by Crippen LogP contribution is -2.15. The maximum atomic E-state index is 12.2. The molecule has 0 fully saturated rings. The highest BCUT2D eigenvalue weighted by Crippen LogP contribution is 2.25. The first-order valence-corrected chi connectivity index (χ1v) is 11.2. The van der Waals surface area contributed by atoms with Crippen molar-refractivity contribution >= 4 is 50.9 Å². The molecule has 1 amide bonds. The number of ether oxygens (including phenoxy) is 1. The molecule has 0 bridgehead atoms. The number of hydrogen-bond donors (Lipinski definition) is 1. The smallest absolute Gasteiger partial charge is 0.234 e. The van der Waals surface area contributed by atoms with Crippen molar-refractivity contribution in [2.45, 2.75) is 31.7 Å². The van der Waals surface area contributed by atoms with Gasteiger partial charge in [-0.05, 0) is 62.4 Å². The summed E-state index contributed by atoms with van der Waals surface area (Å²) in [6, 6.07) is 14.6. The minimum atomic E-state index is -0.277. The van der Waals surface area contributed by atoms with Crippen molar-refractivity contribution in [3.63, 3.8) is 0 Å². The van der Waals surface area contributed by atoms with Crippen LogP contribution in [0.3, 0.4) is 0 Å². The Morgan fingerprint density at radius 1 is 1.21 bits per heavy atom. The van der Waals surface area contributed by atoms with E-state index < -0.39 is 0 Å². The lowest BCUT2D eigenvalue weighted by Gasteiger charge is -2.15. The first-order chi connectivity index (χ1) is 14.0. The van der Waals surface area contributed by atoms with Crippen LogP contribution in [0.1, 0.15) is 25.8 Å². The molecule has 1 unspecified atom stereocenters. The highest BCUT2D eigenvalue weighted by Gasteiger charge is 2.19. The Balaban J connectivity index is 1.61. The van der Waals surface area contributed by atoms with Gasteiger partial charge in [-0.1, -0.05) is 39.3 Å². The predicted octanol–water partition coefficient (Wildman–Crippen LogP) is 5.58. The van der Waals surface area contributed by atoms with Crippen LogP contribution in [-0.4, -0.2) is 26.4 Å². The van der Waals surface area contributed by atoms with Gasteiger partial charge in [-0.25, -0.2) is 0 Å². The summed E-state index contributed by atoms with van der Waals surface area (Å²) in [5.74, 6) is 1.57. The van der Waals surface area contributed by atoms with Crippen LogP contribution in [0.2, 0.25) is 5.02 Å². The Morgan fingerprint density at radius 3 is 2.55 bits per heavy atom. The molecule has 0 saturated carbocycles. The fourth-order valence-corrected chi connectivity index (χ4v) is 3.83. The van der Waals surface area contributed by atoms with E-state index in [1.165, 1.54) is 11.8 Å². The van der Waals surface area contributed by atoms with Crippen molar-refractivity contribution in [2.24, 2.45) is 0 Å². The molecule has 1 atom stereocenters. The topological polar surface area (TPSA) is 69.0 Å². The summed E-state index contributed by atoms with van der Waals surface area (Å²) in [6.45, 7) is 4.62. The minimum Gasteiger partial charge on any atom is -0.483 e. The summed E-state index contributed by atoms with van der Waals surface area (Å²) in [5, 5.41) is 12.7. The summed E-state index contributed by atoms with van der Waals surface area (Å²) >= 11 is 10.6. The summed E-state index contributed by atoms with van der Waals surface area (Å²) in [6.07, 6.45) is -0.277. The van der Waals surface area contributed by atoms with E-state index in [1.807, 2.05) is 42.7 Å². The van der Waals surface area contributed by atoms with Gasteiger partial charge in [-0.3, -0.25) is 4.79 Å². The van der Waals surface area contributed by atoms with E-state index in [1.54, 1.807) is 24.3 Å². The molecule has 1 heterocycles. The molecule has 29 heavy (non-hydrogen) atoms. The number of amides is 1. The Kier molecular flexibility index (Phi) is 7.57. The van der Waals surface area contributed by atoms with Crippen molar-refractivity contribution in [1.82, 2.24) is 14.8 Å². The van der Waals surface area contributed by atoms with Gasteiger partial charge >= 0.3 is 0 Å². The Bertz CT molecular complexity index is 964. The van der Waals surface area contributed by atoms with Gasteiger partial charge in [0.05, 0.1) is 5.75 Å². The minimum absolute atomic E-state index is 0.122. The number of halogens is 2. The molecule has 2 aromatic carbocycles. The second-order valence-corrected chi connectivity index (χ2v) is 8.44. The van der Waals surface area contributed by atoms with Crippen molar-refractivity contribution in [3.05, 3.63) is 63.9 Å². The van der Waals surface area contributed by atoms with Gasteiger partial charge in [0.1, 0.15) is 5.75 Å². The average molecular weight is 496 g/mol. The summed E-state index contributed by atoms with van der Waals surface area (Å²) in [5.41, 5.74) is 0.703. The molecule has 1 aromatic heterocycles. The quantitative estimate of drug-likeness (QED) is 0.413. The van der Waals surface area contributed by atoms with E-state index in [0.29, 0.717) is 22.4 Å². The van der Waals surface area contributed by atoms with Gasteiger partial charge in [0.15, 0.2) is 17.1 Å². The summed E-state index contributed by atoms with van der Waals surface area (Å²) in [7, 11) is 0. The van der Waals surface area contributed by atoms with Crippen LogP contribution in [0.25, 0.3) is 0 Å². The third-order valence-corrected chi connectivity index (χ3v) is 5.76. The van der Waals surface area contributed by atoms with Crippen LogP contribution in [0.5, 0.6) is 5.75 Å². The Hall–Kier alpha value is -2.03. The summed E-state index contributed by atoms with van der Waals surface area (Å²) in [4.78, 5) is 12.2. The lowest BCUT2D eigenvalue weighted by atomic mass is 10.3. The molecule has 0 radical (unpaired) electrons. The van der Waals surface area contributed by atoms with E-state index in [4.69, 9.17) is 16.3 Å². The van der Waals surface area contributed by atoms with Crippen LogP contribution in [0.4, 0.5) is 5.69 Å². The molecular weight excluding hydrogens is 476 g/mol. The standard InChI is InChI=1S/C20H20BrClN4O2S/c1-3-26-19(13(2)28-17-10-4-14(21)5-11-17)24-25-20(26)29-12-18(27)23-16-8-6-15(22)7-9-16/h4-11,13H,3,12H2,1-2H3,(H,23,27). The van der Waals surface area contributed by atoms with E-state index >= 15 is 0 Å². The normalized spacial score (nSPS) is 11.9. The second-order valence-electron chi connectivity index (χ2n) is 6.14. The number of hydrogen-bond acceptors (Lipinski definition) is 5. The van der Waals surface area contributed by atoms with Gasteiger partial charge in [-0.15, -0.1) is 10.2 Å². The number of aromatic nitrogens is 3. The number of carbonyl (C=O) groups is 1. The molecule has 0 aliphatic carbocycles. The molecule has 0 spiro atoms. The third kappa shape index (κ3) is 5.98. The molecule has 9 heteroatoms. The van der Waals surface area contributed by atoms with E-state index in [9.17, 15) is 4.79 Å². The van der Waals surface area contributed by atoms with Crippen LogP contribution in [0, 0.1) is 0 Å². The second kappa shape index (κ2) is 10.1. The SMILES string of the molecule is CCn1c(SCC(=O)Nc2ccc(Cl)cc2)nnc1C(C)Oc1ccc(Br)cc1. The summed E-state index contributed by atoms with van der Waals surface area (Å²) < 4.78 is 8.93. The van der Waals surface area contributed by atoms with Gasteiger partial charge in [0, 0.05) is 21.7 Å². The molecule has 3 aromatic rings. The third-order valence-electron chi connectivity index (χ3n) is 4.01. The number of anilines is 1. The van der Waals surface area contributed by atoms with Crippen LogP contribution >= 0.6 is 39.3 Å². The van der Waals surface area contributed by atoms with Gasteiger partial charge in [-0.2, -0.15) is 0 Å². The molecule has 1 N–H and O–H groups in total. The highest BCUT2D eigenvalue weighted by molar-refractivity contribution is 9.10. The van der Waals surface area contributed by atoms with E-state index in [0.717, 1.165) is 16.0 Å². The van der Waals surface area contributed by atoms with Crippen LogP contribution in [0.15, 0.2) is 58.2 Å². The molecule has 3 rings (SSSR count). The largest absolute Gasteiger partial charge is 0.483 e. The maximum Gasteiger partial charge on any atom is 0.234 e. The number of rotatable bonds is 8. The molecular formula is C20H20BrClN4O2S. The zero-order valence-electron chi connectivity index (χ0n) is 15.9.